The predicted molar refractivity (Wildman–Crippen MR) is 98.1 cm³/mol. The number of carbonyl (C=O) groups is 2. The number of hydrogen-bond acceptors (Lipinski definition) is 6. The Bertz CT molecular complexity index is 816. The summed E-state index contributed by atoms with van der Waals surface area (Å²) in [6.07, 6.45) is 1.32. The summed E-state index contributed by atoms with van der Waals surface area (Å²) in [6.45, 7) is 5.06. The van der Waals surface area contributed by atoms with Crippen molar-refractivity contribution < 1.29 is 9.59 Å². The maximum absolute atomic E-state index is 12.6. The van der Waals surface area contributed by atoms with E-state index in [1.165, 1.54) is 14.1 Å². The van der Waals surface area contributed by atoms with Crippen LogP contribution in [-0.2, 0) is 18.9 Å². The molecule has 0 saturated carbocycles. The summed E-state index contributed by atoms with van der Waals surface area (Å²) >= 11 is 0. The van der Waals surface area contributed by atoms with Crippen LogP contribution in [0.3, 0.4) is 0 Å². The first-order valence-electron chi connectivity index (χ1n) is 8.74. The van der Waals surface area contributed by atoms with Gasteiger partial charge in [-0.3, -0.25) is 28.4 Å². The summed E-state index contributed by atoms with van der Waals surface area (Å²) in [7, 11) is 2.74. The number of aromatic nitrogens is 2. The van der Waals surface area contributed by atoms with Crippen LogP contribution in [0.2, 0.25) is 0 Å². The van der Waals surface area contributed by atoms with E-state index in [0.717, 1.165) is 9.13 Å². The van der Waals surface area contributed by atoms with Gasteiger partial charge in [0.2, 0.25) is 5.91 Å². The molecule has 9 nitrogen and oxygen atoms in total. The van der Waals surface area contributed by atoms with Crippen molar-refractivity contribution in [1.82, 2.24) is 19.4 Å². The Kier molecular flexibility index (Phi) is 6.01. The molecule has 2 heterocycles. The number of likely N-dealkylation sites (tertiary alicyclic amines) is 1. The molecule has 1 aromatic heterocycles. The third-order valence-electron chi connectivity index (χ3n) is 4.75. The lowest BCUT2D eigenvalue weighted by Crippen LogP contribution is -2.46. The van der Waals surface area contributed by atoms with Gasteiger partial charge < -0.3 is 11.1 Å². The van der Waals surface area contributed by atoms with Gasteiger partial charge in [0, 0.05) is 26.1 Å². The Labute approximate surface area is 151 Å². The number of amides is 1. The van der Waals surface area contributed by atoms with Crippen LogP contribution in [0.25, 0.3) is 0 Å². The standard InChI is InChI=1S/C17H27N5O4/c1-10(2)19-15(24)11-5-7-22(8-6-11)9-12(23)13-14(18)20(3)17(26)21(4)16(13)25/h10-11H,5-9,18H2,1-4H3,(H,19,24). The minimum Gasteiger partial charge on any atom is -0.384 e. The molecule has 1 aliphatic rings. The van der Waals surface area contributed by atoms with Crippen molar-refractivity contribution in [2.24, 2.45) is 20.0 Å². The maximum Gasteiger partial charge on any atom is 0.332 e. The van der Waals surface area contributed by atoms with Crippen molar-refractivity contribution in [3.8, 4) is 0 Å². The molecule has 0 aromatic carbocycles. The zero-order chi connectivity index (χ0) is 19.6. The van der Waals surface area contributed by atoms with Crippen molar-refractivity contribution in [2.45, 2.75) is 32.7 Å². The Hall–Kier alpha value is -2.42. The van der Waals surface area contributed by atoms with Crippen LogP contribution in [0.1, 0.15) is 37.0 Å². The molecular weight excluding hydrogens is 338 g/mol. The van der Waals surface area contributed by atoms with E-state index in [9.17, 15) is 19.2 Å². The number of piperidine rings is 1. The van der Waals surface area contributed by atoms with Gasteiger partial charge in [0.25, 0.3) is 5.56 Å². The fourth-order valence-electron chi connectivity index (χ4n) is 3.16. The molecule has 1 fully saturated rings. The number of nitrogens with one attached hydrogen (secondary N) is 1. The van der Waals surface area contributed by atoms with Crippen LogP contribution in [0.4, 0.5) is 5.82 Å². The first-order valence-corrected chi connectivity index (χ1v) is 8.74. The van der Waals surface area contributed by atoms with Crippen LogP contribution in [0.15, 0.2) is 9.59 Å². The molecule has 0 spiro atoms. The number of Topliss-reactive ketones (excluding diaryl/α,β-unsaturated/α-hetero) is 1. The Balaban J connectivity index is 2.06. The minimum absolute atomic E-state index is 0.0379. The Morgan fingerprint density at radius 3 is 2.27 bits per heavy atom. The van der Waals surface area contributed by atoms with Gasteiger partial charge in [0.1, 0.15) is 11.4 Å². The van der Waals surface area contributed by atoms with Gasteiger partial charge in [-0.2, -0.15) is 0 Å². The zero-order valence-electron chi connectivity index (χ0n) is 15.7. The van der Waals surface area contributed by atoms with E-state index in [4.69, 9.17) is 5.73 Å². The highest BCUT2D eigenvalue weighted by Gasteiger charge is 2.28. The summed E-state index contributed by atoms with van der Waals surface area (Å²) in [5.41, 5.74) is 4.42. The smallest absolute Gasteiger partial charge is 0.332 e. The molecule has 9 heteroatoms. The molecule has 3 N–H and O–H groups in total. The van der Waals surface area contributed by atoms with Crippen molar-refractivity contribution in [1.29, 1.82) is 0 Å². The number of rotatable bonds is 5. The summed E-state index contributed by atoms with van der Waals surface area (Å²) in [4.78, 5) is 50.7. The number of nitrogens with zero attached hydrogens (tertiary/aromatic N) is 3. The minimum atomic E-state index is -0.679. The largest absolute Gasteiger partial charge is 0.384 e. The lowest BCUT2D eigenvalue weighted by molar-refractivity contribution is -0.126. The molecule has 1 saturated heterocycles. The van der Waals surface area contributed by atoms with Crippen LogP contribution in [0.5, 0.6) is 0 Å². The number of ketones is 1. The molecule has 0 unspecified atom stereocenters. The third-order valence-corrected chi connectivity index (χ3v) is 4.75. The highest BCUT2D eigenvalue weighted by Crippen LogP contribution is 2.18. The van der Waals surface area contributed by atoms with E-state index >= 15 is 0 Å². The van der Waals surface area contributed by atoms with E-state index in [0.29, 0.717) is 25.9 Å². The van der Waals surface area contributed by atoms with Gasteiger partial charge in [0.05, 0.1) is 6.54 Å². The van der Waals surface area contributed by atoms with Gasteiger partial charge in [-0.15, -0.1) is 0 Å². The Morgan fingerprint density at radius 2 is 1.73 bits per heavy atom. The van der Waals surface area contributed by atoms with Crippen LogP contribution >= 0.6 is 0 Å². The number of nitrogens with two attached hydrogens (primary N) is 1. The second-order valence-corrected chi connectivity index (χ2v) is 7.10. The average molecular weight is 365 g/mol. The van der Waals surface area contributed by atoms with Crippen LogP contribution < -0.4 is 22.3 Å². The SMILES string of the molecule is CC(C)NC(=O)C1CCN(CC(=O)c2c(N)n(C)c(=O)n(C)c2=O)CC1. The highest BCUT2D eigenvalue weighted by atomic mass is 16.2. The van der Waals surface area contributed by atoms with Crippen molar-refractivity contribution in [2.75, 3.05) is 25.4 Å². The summed E-state index contributed by atoms with van der Waals surface area (Å²) in [5, 5.41) is 2.91. The third kappa shape index (κ3) is 4.04. The molecular formula is C17H27N5O4. The lowest BCUT2D eigenvalue weighted by atomic mass is 9.95. The molecule has 0 bridgehead atoms. The van der Waals surface area contributed by atoms with Crippen LogP contribution in [0, 0.1) is 5.92 Å². The lowest BCUT2D eigenvalue weighted by Gasteiger charge is -2.31. The molecule has 1 aromatic rings. The molecule has 2 rings (SSSR count). The van der Waals surface area contributed by atoms with E-state index in [-0.39, 0.29) is 35.8 Å². The average Bonchev–Trinajstić information content (AvgIpc) is 2.58. The number of hydrogen-bond donors (Lipinski definition) is 2. The fourth-order valence-corrected chi connectivity index (χ4v) is 3.16. The first kappa shape index (κ1) is 19.9. The van der Waals surface area contributed by atoms with Gasteiger partial charge in [-0.25, -0.2) is 4.79 Å². The van der Waals surface area contributed by atoms with Gasteiger partial charge in [-0.1, -0.05) is 0 Å². The van der Waals surface area contributed by atoms with E-state index in [1.54, 1.807) is 0 Å². The summed E-state index contributed by atoms with van der Waals surface area (Å²) < 4.78 is 1.98. The number of nitrogen functional groups attached to an aromatic ring is 1. The zero-order valence-corrected chi connectivity index (χ0v) is 15.7. The van der Waals surface area contributed by atoms with Crippen molar-refractivity contribution in [3.63, 3.8) is 0 Å². The first-order chi connectivity index (χ1) is 12.1. The molecule has 1 aliphatic heterocycles. The van der Waals surface area contributed by atoms with E-state index in [1.807, 2.05) is 18.7 Å². The molecule has 0 aliphatic carbocycles. The summed E-state index contributed by atoms with van der Waals surface area (Å²) in [6, 6.07) is 0.103. The quantitative estimate of drug-likeness (QED) is 0.652. The topological polar surface area (TPSA) is 119 Å². The van der Waals surface area contributed by atoms with Crippen molar-refractivity contribution in [3.05, 3.63) is 26.4 Å². The number of anilines is 1. The van der Waals surface area contributed by atoms with Crippen molar-refractivity contribution >= 4 is 17.5 Å². The summed E-state index contributed by atoms with van der Waals surface area (Å²) in [5.74, 6) is -0.542. The maximum atomic E-state index is 12.6. The molecule has 26 heavy (non-hydrogen) atoms. The van der Waals surface area contributed by atoms with Gasteiger partial charge in [0.15, 0.2) is 5.78 Å². The fraction of sp³-hybridized carbons (Fsp3) is 0.647. The second-order valence-electron chi connectivity index (χ2n) is 7.10. The monoisotopic (exact) mass is 365 g/mol. The Morgan fingerprint density at radius 1 is 1.15 bits per heavy atom. The molecule has 0 atom stereocenters. The predicted octanol–water partition coefficient (Wildman–Crippen LogP) is -0.914. The van der Waals surface area contributed by atoms with Gasteiger partial charge in [-0.05, 0) is 39.8 Å². The van der Waals surface area contributed by atoms with Gasteiger partial charge >= 0.3 is 5.69 Å². The molecule has 0 radical (unpaired) electrons. The second kappa shape index (κ2) is 7.86. The highest BCUT2D eigenvalue weighted by molar-refractivity contribution is 6.01. The number of carbonyl (C=O) groups excluding carboxylic acids is 2. The van der Waals surface area contributed by atoms with E-state index in [2.05, 4.69) is 5.32 Å². The molecule has 144 valence electrons. The molecule has 1 amide bonds. The van der Waals surface area contributed by atoms with Crippen LogP contribution in [-0.4, -0.2) is 51.4 Å². The normalized spacial score (nSPS) is 16.0. The van der Waals surface area contributed by atoms with E-state index < -0.39 is 17.0 Å².